The van der Waals surface area contributed by atoms with Gasteiger partial charge in [-0.05, 0) is 24.3 Å². The van der Waals surface area contributed by atoms with Crippen molar-refractivity contribution < 1.29 is 14.4 Å². The summed E-state index contributed by atoms with van der Waals surface area (Å²) >= 11 is 0. The molecule has 2 aromatic heterocycles. The second kappa shape index (κ2) is 4.30. The average molecular weight is 273 g/mol. The van der Waals surface area contributed by atoms with Crippen LogP contribution in [0.5, 0.6) is 5.75 Å². The summed E-state index contributed by atoms with van der Waals surface area (Å²) in [6, 6.07) is 6.67. The molecule has 0 atom stereocenters. The zero-order chi connectivity index (χ0) is 14.3. The van der Waals surface area contributed by atoms with E-state index in [2.05, 4.69) is 4.98 Å². The lowest BCUT2D eigenvalue weighted by Crippen LogP contribution is -1.92. The van der Waals surface area contributed by atoms with Crippen LogP contribution < -0.4 is 0 Å². The van der Waals surface area contributed by atoms with Gasteiger partial charge in [0.05, 0.1) is 10.6 Å². The number of nitro groups is 1. The van der Waals surface area contributed by atoms with E-state index in [9.17, 15) is 19.6 Å². The van der Waals surface area contributed by atoms with E-state index >= 15 is 0 Å². The van der Waals surface area contributed by atoms with Crippen LogP contribution in [0.3, 0.4) is 0 Å². The fraction of sp³-hybridized carbons (Fsp3) is 0. The minimum Gasteiger partial charge on any atom is -0.504 e. The SMILES string of the molecule is O=[N+]([O-])c1cc(-c2cn3cccc(O)c3n2)ccc1F. The first-order chi connectivity index (χ1) is 9.56. The zero-order valence-electron chi connectivity index (χ0n) is 10.0. The molecule has 0 aliphatic carbocycles. The minimum atomic E-state index is -0.898. The number of aromatic nitrogens is 2. The smallest absolute Gasteiger partial charge is 0.305 e. The van der Waals surface area contributed by atoms with Crippen LogP contribution in [0.15, 0.2) is 42.7 Å². The molecule has 3 aromatic rings. The number of rotatable bonds is 2. The number of hydrogen-bond donors (Lipinski definition) is 1. The Morgan fingerprint density at radius 3 is 2.85 bits per heavy atom. The lowest BCUT2D eigenvalue weighted by atomic mass is 10.1. The van der Waals surface area contributed by atoms with Crippen LogP contribution in [0.25, 0.3) is 16.9 Å². The molecule has 0 saturated carbocycles. The topological polar surface area (TPSA) is 80.7 Å². The molecule has 0 spiro atoms. The van der Waals surface area contributed by atoms with Gasteiger partial charge >= 0.3 is 5.69 Å². The number of nitrogens with zero attached hydrogens (tertiary/aromatic N) is 3. The maximum atomic E-state index is 13.3. The molecule has 1 aromatic carbocycles. The van der Waals surface area contributed by atoms with E-state index < -0.39 is 16.4 Å². The second-order valence-electron chi connectivity index (χ2n) is 4.17. The summed E-state index contributed by atoms with van der Waals surface area (Å²) in [5.74, 6) is -0.902. The van der Waals surface area contributed by atoms with Gasteiger partial charge in [0.1, 0.15) is 0 Å². The molecule has 0 unspecified atom stereocenters. The number of imidazole rings is 1. The Kier molecular flexibility index (Phi) is 2.60. The van der Waals surface area contributed by atoms with Crippen LogP contribution in [0.2, 0.25) is 0 Å². The van der Waals surface area contributed by atoms with Crippen molar-refractivity contribution in [1.82, 2.24) is 9.38 Å². The number of aromatic hydroxyl groups is 1. The Balaban J connectivity index is 2.18. The molecule has 0 fully saturated rings. The number of nitro benzene ring substituents is 1. The fourth-order valence-electron chi connectivity index (χ4n) is 1.95. The van der Waals surface area contributed by atoms with Crippen LogP contribution in [0.1, 0.15) is 0 Å². The van der Waals surface area contributed by atoms with Gasteiger partial charge in [0, 0.05) is 24.0 Å². The number of halogens is 1. The van der Waals surface area contributed by atoms with E-state index in [1.807, 2.05) is 0 Å². The number of hydrogen-bond acceptors (Lipinski definition) is 4. The number of fused-ring (bicyclic) bond motifs is 1. The predicted molar refractivity (Wildman–Crippen MR) is 68.9 cm³/mol. The summed E-state index contributed by atoms with van der Waals surface area (Å²) in [4.78, 5) is 14.1. The highest BCUT2D eigenvalue weighted by molar-refractivity contribution is 5.67. The molecule has 1 N–H and O–H groups in total. The monoisotopic (exact) mass is 273 g/mol. The molecule has 0 bridgehead atoms. The van der Waals surface area contributed by atoms with E-state index in [-0.39, 0.29) is 5.75 Å². The summed E-state index contributed by atoms with van der Waals surface area (Å²) in [5.41, 5.74) is 0.536. The average Bonchev–Trinajstić information content (AvgIpc) is 2.84. The van der Waals surface area contributed by atoms with Crippen molar-refractivity contribution in [3.63, 3.8) is 0 Å². The Labute approximate surface area is 111 Å². The molecule has 0 radical (unpaired) electrons. The molecule has 6 nitrogen and oxygen atoms in total. The molecule has 0 saturated heterocycles. The van der Waals surface area contributed by atoms with Crippen LogP contribution >= 0.6 is 0 Å². The molecular formula is C13H8FN3O3. The Hall–Kier alpha value is -2.96. The van der Waals surface area contributed by atoms with Crippen molar-refractivity contribution >= 4 is 11.3 Å². The summed E-state index contributed by atoms with van der Waals surface area (Å²) in [5, 5.41) is 20.4. The van der Waals surface area contributed by atoms with Crippen molar-refractivity contribution in [1.29, 1.82) is 0 Å². The third kappa shape index (κ3) is 1.85. The first kappa shape index (κ1) is 12.1. The first-order valence-corrected chi connectivity index (χ1v) is 5.67. The Morgan fingerprint density at radius 2 is 2.15 bits per heavy atom. The molecule has 0 aliphatic heterocycles. The largest absolute Gasteiger partial charge is 0.504 e. The molecule has 0 amide bonds. The normalized spacial score (nSPS) is 10.8. The van der Waals surface area contributed by atoms with Crippen molar-refractivity contribution in [2.75, 3.05) is 0 Å². The van der Waals surface area contributed by atoms with Crippen LogP contribution in [-0.4, -0.2) is 19.4 Å². The van der Waals surface area contributed by atoms with Gasteiger partial charge in [0.2, 0.25) is 5.82 Å². The molecule has 20 heavy (non-hydrogen) atoms. The standard InChI is InChI=1S/C13H8FN3O3/c14-9-4-3-8(6-11(9)17(19)20)10-7-16-5-1-2-12(18)13(16)15-10/h1-7,18H. The Bertz CT molecular complexity index is 829. The summed E-state index contributed by atoms with van der Waals surface area (Å²) in [6.07, 6.45) is 3.29. The lowest BCUT2D eigenvalue weighted by Gasteiger charge is -1.97. The fourth-order valence-corrected chi connectivity index (χ4v) is 1.95. The quantitative estimate of drug-likeness (QED) is 0.575. The first-order valence-electron chi connectivity index (χ1n) is 5.67. The minimum absolute atomic E-state index is 0.00430. The highest BCUT2D eigenvalue weighted by Gasteiger charge is 2.16. The molecule has 2 heterocycles. The molecule has 3 rings (SSSR count). The van der Waals surface area contributed by atoms with E-state index in [0.29, 0.717) is 16.9 Å². The van der Waals surface area contributed by atoms with Gasteiger partial charge in [-0.25, -0.2) is 4.98 Å². The van der Waals surface area contributed by atoms with E-state index in [1.165, 1.54) is 12.1 Å². The van der Waals surface area contributed by atoms with Gasteiger partial charge in [-0.15, -0.1) is 0 Å². The van der Waals surface area contributed by atoms with Crippen molar-refractivity contribution in [2.24, 2.45) is 0 Å². The second-order valence-corrected chi connectivity index (χ2v) is 4.17. The van der Waals surface area contributed by atoms with Gasteiger partial charge in [0.25, 0.3) is 0 Å². The highest BCUT2D eigenvalue weighted by Crippen LogP contribution is 2.27. The van der Waals surface area contributed by atoms with Crippen LogP contribution in [0, 0.1) is 15.9 Å². The molecule has 7 heteroatoms. The van der Waals surface area contributed by atoms with Crippen molar-refractivity contribution in [2.45, 2.75) is 0 Å². The van der Waals surface area contributed by atoms with Crippen LogP contribution in [-0.2, 0) is 0 Å². The molecule has 100 valence electrons. The molecular weight excluding hydrogens is 265 g/mol. The summed E-state index contributed by atoms with van der Waals surface area (Å²) < 4.78 is 14.9. The number of benzene rings is 1. The summed E-state index contributed by atoms with van der Waals surface area (Å²) in [7, 11) is 0. The predicted octanol–water partition coefficient (Wildman–Crippen LogP) is 2.75. The maximum Gasteiger partial charge on any atom is 0.305 e. The van der Waals surface area contributed by atoms with Crippen molar-refractivity contribution in [3.05, 3.63) is 58.7 Å². The lowest BCUT2D eigenvalue weighted by molar-refractivity contribution is -0.387. The van der Waals surface area contributed by atoms with Gasteiger partial charge < -0.3 is 9.51 Å². The maximum absolute atomic E-state index is 13.3. The van der Waals surface area contributed by atoms with E-state index in [0.717, 1.165) is 12.1 Å². The summed E-state index contributed by atoms with van der Waals surface area (Å²) in [6.45, 7) is 0. The third-order valence-electron chi connectivity index (χ3n) is 2.90. The Morgan fingerprint density at radius 1 is 1.35 bits per heavy atom. The molecule has 0 aliphatic rings. The van der Waals surface area contributed by atoms with Gasteiger partial charge in [0.15, 0.2) is 11.4 Å². The highest BCUT2D eigenvalue weighted by atomic mass is 19.1. The van der Waals surface area contributed by atoms with E-state index in [4.69, 9.17) is 0 Å². The van der Waals surface area contributed by atoms with Crippen LogP contribution in [0.4, 0.5) is 10.1 Å². The van der Waals surface area contributed by atoms with Gasteiger partial charge in [-0.1, -0.05) is 0 Å². The van der Waals surface area contributed by atoms with E-state index in [1.54, 1.807) is 22.9 Å². The van der Waals surface area contributed by atoms with Crippen molar-refractivity contribution in [3.8, 4) is 17.0 Å². The zero-order valence-corrected chi connectivity index (χ0v) is 10.0. The van der Waals surface area contributed by atoms with Gasteiger partial charge in [-0.2, -0.15) is 4.39 Å². The van der Waals surface area contributed by atoms with Gasteiger partial charge in [-0.3, -0.25) is 10.1 Å². The number of pyridine rings is 1. The third-order valence-corrected chi connectivity index (χ3v) is 2.90.